The van der Waals surface area contributed by atoms with E-state index in [-0.39, 0.29) is 18.5 Å². The van der Waals surface area contributed by atoms with Gasteiger partial charge in [-0.25, -0.2) is 4.79 Å². The van der Waals surface area contributed by atoms with Crippen molar-refractivity contribution in [3.8, 4) is 0 Å². The Balaban J connectivity index is 1.62. The normalized spacial score (nSPS) is 11.6. The molecule has 0 aliphatic heterocycles. The minimum atomic E-state index is -0.406. The second kappa shape index (κ2) is 9.12. The molecule has 3 rings (SSSR count). The minimum absolute atomic E-state index is 0.0429. The van der Waals surface area contributed by atoms with Crippen molar-refractivity contribution in [2.45, 2.75) is 6.04 Å². The highest BCUT2D eigenvalue weighted by Crippen LogP contribution is 2.25. The third kappa shape index (κ3) is 5.03. The van der Waals surface area contributed by atoms with E-state index in [0.717, 1.165) is 10.4 Å². The van der Waals surface area contributed by atoms with Crippen LogP contribution < -0.4 is 10.6 Å². The number of amides is 1. The number of carbonyl (C=O) groups is 2. The van der Waals surface area contributed by atoms with Crippen LogP contribution in [-0.4, -0.2) is 25.5 Å². The van der Waals surface area contributed by atoms with Crippen LogP contribution in [0.4, 0.5) is 5.69 Å². The lowest BCUT2D eigenvalue weighted by molar-refractivity contribution is -0.115. The lowest BCUT2D eigenvalue weighted by Gasteiger charge is -2.18. The lowest BCUT2D eigenvalue weighted by atomic mass is 10.1. The molecule has 138 valence electrons. The summed E-state index contributed by atoms with van der Waals surface area (Å²) in [5, 5.41) is 8.17. The largest absolute Gasteiger partial charge is 0.465 e. The van der Waals surface area contributed by atoms with Crippen LogP contribution in [0, 0.1) is 0 Å². The van der Waals surface area contributed by atoms with Crippen LogP contribution in [0.25, 0.3) is 0 Å². The number of ether oxygens (including phenoxy) is 1. The lowest BCUT2D eigenvalue weighted by Crippen LogP contribution is -2.31. The van der Waals surface area contributed by atoms with E-state index in [4.69, 9.17) is 0 Å². The van der Waals surface area contributed by atoms with Crippen LogP contribution in [-0.2, 0) is 9.53 Å². The highest BCUT2D eigenvalue weighted by molar-refractivity contribution is 7.10. The minimum Gasteiger partial charge on any atom is -0.465 e. The van der Waals surface area contributed by atoms with E-state index < -0.39 is 5.97 Å². The highest BCUT2D eigenvalue weighted by atomic mass is 32.1. The molecule has 1 aromatic heterocycles. The first-order valence-electron chi connectivity index (χ1n) is 8.47. The molecule has 1 atom stereocenters. The van der Waals surface area contributed by atoms with Crippen molar-refractivity contribution in [1.82, 2.24) is 5.32 Å². The molecule has 27 heavy (non-hydrogen) atoms. The fraction of sp³-hybridized carbons (Fsp3) is 0.143. The molecule has 1 heterocycles. The van der Waals surface area contributed by atoms with E-state index in [1.54, 1.807) is 35.6 Å². The summed E-state index contributed by atoms with van der Waals surface area (Å²) in [6.07, 6.45) is 0. The van der Waals surface area contributed by atoms with Crippen molar-refractivity contribution in [2.75, 3.05) is 19.0 Å². The molecule has 0 aliphatic carbocycles. The second-order valence-electron chi connectivity index (χ2n) is 5.86. The fourth-order valence-electron chi connectivity index (χ4n) is 2.69. The third-order valence-corrected chi connectivity index (χ3v) is 4.95. The highest BCUT2D eigenvalue weighted by Gasteiger charge is 2.16. The predicted octanol–water partition coefficient (Wildman–Crippen LogP) is 3.85. The number of benzene rings is 2. The van der Waals surface area contributed by atoms with Gasteiger partial charge in [-0.1, -0.05) is 36.4 Å². The number of carbonyl (C=O) groups excluding carboxylic acids is 2. The number of nitrogens with one attached hydrogen (secondary N) is 2. The standard InChI is InChI=1S/C21H20N2O3S/c1-26-21(25)16-9-11-17(12-10-16)23-19(24)14-22-20(18-8-5-13-27-18)15-6-3-2-4-7-15/h2-13,20,22H,14H2,1H3,(H,23,24)/t20-/m0/s1. The van der Waals surface area contributed by atoms with Crippen molar-refractivity contribution in [3.63, 3.8) is 0 Å². The summed E-state index contributed by atoms with van der Waals surface area (Å²) >= 11 is 1.65. The summed E-state index contributed by atoms with van der Waals surface area (Å²) < 4.78 is 4.66. The number of thiophene rings is 1. The summed E-state index contributed by atoms with van der Waals surface area (Å²) in [6, 6.07) is 20.6. The van der Waals surface area contributed by atoms with Gasteiger partial charge in [0.25, 0.3) is 0 Å². The van der Waals surface area contributed by atoms with Gasteiger partial charge in [0.05, 0.1) is 25.3 Å². The maximum atomic E-state index is 12.3. The van der Waals surface area contributed by atoms with Gasteiger partial charge >= 0.3 is 5.97 Å². The predicted molar refractivity (Wildman–Crippen MR) is 107 cm³/mol. The number of hydrogen-bond acceptors (Lipinski definition) is 5. The number of anilines is 1. The molecule has 2 N–H and O–H groups in total. The van der Waals surface area contributed by atoms with Gasteiger partial charge in [0.1, 0.15) is 0 Å². The Labute approximate surface area is 162 Å². The molecule has 5 nitrogen and oxygen atoms in total. The van der Waals surface area contributed by atoms with Gasteiger partial charge in [0.2, 0.25) is 5.91 Å². The fourth-order valence-corrected chi connectivity index (χ4v) is 3.52. The maximum absolute atomic E-state index is 12.3. The average molecular weight is 380 g/mol. The van der Waals surface area contributed by atoms with Crippen molar-refractivity contribution in [3.05, 3.63) is 88.1 Å². The van der Waals surface area contributed by atoms with E-state index in [2.05, 4.69) is 21.4 Å². The van der Waals surface area contributed by atoms with E-state index >= 15 is 0 Å². The molecule has 2 aromatic carbocycles. The van der Waals surface area contributed by atoms with Crippen LogP contribution in [0.15, 0.2) is 72.1 Å². The van der Waals surface area contributed by atoms with Crippen LogP contribution in [0.5, 0.6) is 0 Å². The zero-order valence-corrected chi connectivity index (χ0v) is 15.7. The van der Waals surface area contributed by atoms with Gasteiger partial charge in [0, 0.05) is 10.6 Å². The summed E-state index contributed by atoms with van der Waals surface area (Å²) in [5.74, 6) is -0.561. The van der Waals surface area contributed by atoms with E-state index in [0.29, 0.717) is 11.3 Å². The zero-order chi connectivity index (χ0) is 19.1. The van der Waals surface area contributed by atoms with E-state index in [1.807, 2.05) is 41.8 Å². The molecule has 0 saturated heterocycles. The van der Waals surface area contributed by atoms with Crippen LogP contribution in [0.3, 0.4) is 0 Å². The van der Waals surface area contributed by atoms with Gasteiger partial charge in [-0.3, -0.25) is 10.1 Å². The first-order chi connectivity index (χ1) is 13.2. The van der Waals surface area contributed by atoms with Crippen molar-refractivity contribution in [1.29, 1.82) is 0 Å². The first-order valence-corrected chi connectivity index (χ1v) is 9.35. The molecule has 0 bridgehead atoms. The molecule has 1 amide bonds. The van der Waals surface area contributed by atoms with Crippen LogP contribution >= 0.6 is 11.3 Å². The smallest absolute Gasteiger partial charge is 0.337 e. The molecule has 0 radical (unpaired) electrons. The average Bonchev–Trinajstić information content (AvgIpc) is 3.23. The number of methoxy groups -OCH3 is 1. The second-order valence-corrected chi connectivity index (χ2v) is 6.84. The summed E-state index contributed by atoms with van der Waals surface area (Å²) in [6.45, 7) is 0.163. The molecule has 6 heteroatoms. The van der Waals surface area contributed by atoms with Crippen molar-refractivity contribution < 1.29 is 14.3 Å². The summed E-state index contributed by atoms with van der Waals surface area (Å²) in [7, 11) is 1.33. The monoisotopic (exact) mass is 380 g/mol. The van der Waals surface area contributed by atoms with E-state index in [1.165, 1.54) is 7.11 Å². The Bertz CT molecular complexity index is 878. The van der Waals surface area contributed by atoms with Gasteiger partial charge in [-0.05, 0) is 41.3 Å². The molecule has 3 aromatic rings. The Morgan fingerprint density at radius 1 is 1.00 bits per heavy atom. The third-order valence-electron chi connectivity index (χ3n) is 4.02. The maximum Gasteiger partial charge on any atom is 0.337 e. The molecular formula is C21H20N2O3S. The number of esters is 1. The molecule has 0 fully saturated rings. The first kappa shape index (κ1) is 18.8. The van der Waals surface area contributed by atoms with Gasteiger partial charge in [-0.15, -0.1) is 11.3 Å². The Kier molecular flexibility index (Phi) is 6.35. The Morgan fingerprint density at radius 3 is 2.37 bits per heavy atom. The quantitative estimate of drug-likeness (QED) is 0.611. The topological polar surface area (TPSA) is 67.4 Å². The van der Waals surface area contributed by atoms with Gasteiger partial charge in [-0.2, -0.15) is 0 Å². The Hall–Kier alpha value is -2.96. The molecule has 0 spiro atoms. The van der Waals surface area contributed by atoms with Crippen LogP contribution in [0.2, 0.25) is 0 Å². The SMILES string of the molecule is COC(=O)c1ccc(NC(=O)CN[C@@H](c2ccccc2)c2cccs2)cc1. The molecule has 0 aliphatic rings. The summed E-state index contributed by atoms with van der Waals surface area (Å²) in [5.41, 5.74) is 2.17. The van der Waals surface area contributed by atoms with Crippen molar-refractivity contribution in [2.24, 2.45) is 0 Å². The van der Waals surface area contributed by atoms with Crippen molar-refractivity contribution >= 4 is 28.9 Å². The molecule has 0 saturated carbocycles. The molecular weight excluding hydrogens is 360 g/mol. The molecule has 0 unspecified atom stereocenters. The number of hydrogen-bond donors (Lipinski definition) is 2. The van der Waals surface area contributed by atoms with Gasteiger partial charge < -0.3 is 10.1 Å². The Morgan fingerprint density at radius 2 is 1.74 bits per heavy atom. The van der Waals surface area contributed by atoms with Crippen LogP contribution in [0.1, 0.15) is 26.8 Å². The van der Waals surface area contributed by atoms with E-state index in [9.17, 15) is 9.59 Å². The van der Waals surface area contributed by atoms with Gasteiger partial charge in [0.15, 0.2) is 0 Å². The number of rotatable bonds is 7. The summed E-state index contributed by atoms with van der Waals surface area (Å²) in [4.78, 5) is 24.9. The zero-order valence-electron chi connectivity index (χ0n) is 14.8.